The van der Waals surface area contributed by atoms with E-state index in [9.17, 15) is 0 Å². The molecule has 84 valence electrons. The highest BCUT2D eigenvalue weighted by atomic mass is 16.3. The van der Waals surface area contributed by atoms with E-state index in [1.165, 1.54) is 48.8 Å². The summed E-state index contributed by atoms with van der Waals surface area (Å²) < 4.78 is 5.96. The second-order valence-electron chi connectivity index (χ2n) is 5.02. The van der Waals surface area contributed by atoms with E-state index in [1.807, 2.05) is 0 Å². The van der Waals surface area contributed by atoms with Gasteiger partial charge >= 0.3 is 0 Å². The summed E-state index contributed by atoms with van der Waals surface area (Å²) in [5, 5.41) is 1.26. The standard InChI is InChI=1S/C15H18O/c1-11-7-8-14-13(9-11)10-15(16-14)12-5-3-2-4-6-12/h7-10,12H,2-6H2,1H3. The van der Waals surface area contributed by atoms with Crippen LogP contribution in [0.3, 0.4) is 0 Å². The van der Waals surface area contributed by atoms with Crippen molar-refractivity contribution in [2.24, 2.45) is 0 Å². The SMILES string of the molecule is Cc1ccc2oc(C3CCCCC3)cc2c1. The first kappa shape index (κ1) is 9.95. The molecule has 16 heavy (non-hydrogen) atoms. The Morgan fingerprint density at radius 3 is 2.69 bits per heavy atom. The quantitative estimate of drug-likeness (QED) is 0.665. The van der Waals surface area contributed by atoms with Crippen molar-refractivity contribution >= 4 is 11.0 Å². The third kappa shape index (κ3) is 1.75. The van der Waals surface area contributed by atoms with Gasteiger partial charge in [0.2, 0.25) is 0 Å². The van der Waals surface area contributed by atoms with Gasteiger partial charge in [-0.2, -0.15) is 0 Å². The molecule has 0 aliphatic heterocycles. The van der Waals surface area contributed by atoms with Gasteiger partial charge in [0.25, 0.3) is 0 Å². The molecule has 1 aliphatic rings. The monoisotopic (exact) mass is 214 g/mol. The van der Waals surface area contributed by atoms with Crippen molar-refractivity contribution in [3.63, 3.8) is 0 Å². The highest BCUT2D eigenvalue weighted by molar-refractivity contribution is 5.78. The van der Waals surface area contributed by atoms with E-state index in [0.717, 1.165) is 5.58 Å². The lowest BCUT2D eigenvalue weighted by Gasteiger charge is -2.18. The normalized spacial score (nSPS) is 18.1. The number of aryl methyl sites for hydroxylation is 1. The molecule has 1 heterocycles. The van der Waals surface area contributed by atoms with E-state index in [4.69, 9.17) is 4.42 Å². The first-order valence-electron chi connectivity index (χ1n) is 6.33. The molecule has 3 rings (SSSR count). The Morgan fingerprint density at radius 1 is 1.06 bits per heavy atom. The zero-order valence-corrected chi connectivity index (χ0v) is 9.83. The Hall–Kier alpha value is -1.24. The van der Waals surface area contributed by atoms with Gasteiger partial charge in [-0.1, -0.05) is 30.9 Å². The van der Waals surface area contributed by atoms with Crippen LogP contribution in [0.25, 0.3) is 11.0 Å². The Kier molecular flexibility index (Phi) is 2.47. The molecule has 1 fully saturated rings. The van der Waals surface area contributed by atoms with Crippen LogP contribution in [0.15, 0.2) is 28.7 Å². The molecule has 1 heteroatoms. The lowest BCUT2D eigenvalue weighted by atomic mass is 9.87. The number of rotatable bonds is 1. The molecule has 1 aromatic heterocycles. The predicted molar refractivity (Wildman–Crippen MR) is 66.8 cm³/mol. The zero-order chi connectivity index (χ0) is 11.0. The van der Waals surface area contributed by atoms with Gasteiger partial charge in [-0.25, -0.2) is 0 Å². The maximum atomic E-state index is 5.96. The third-order valence-electron chi connectivity index (χ3n) is 3.70. The zero-order valence-electron chi connectivity index (χ0n) is 9.83. The summed E-state index contributed by atoms with van der Waals surface area (Å²) in [5.74, 6) is 1.88. The summed E-state index contributed by atoms with van der Waals surface area (Å²) in [6.07, 6.45) is 6.73. The third-order valence-corrected chi connectivity index (χ3v) is 3.70. The minimum atomic E-state index is 0.668. The minimum Gasteiger partial charge on any atom is -0.461 e. The first-order valence-corrected chi connectivity index (χ1v) is 6.33. The van der Waals surface area contributed by atoms with Gasteiger partial charge in [0, 0.05) is 11.3 Å². The summed E-state index contributed by atoms with van der Waals surface area (Å²) in [4.78, 5) is 0. The molecule has 1 aromatic carbocycles. The molecule has 0 amide bonds. The Morgan fingerprint density at radius 2 is 1.88 bits per heavy atom. The molecule has 0 saturated heterocycles. The molecule has 0 bridgehead atoms. The smallest absolute Gasteiger partial charge is 0.134 e. The number of furan rings is 1. The van der Waals surface area contributed by atoms with E-state index in [0.29, 0.717) is 5.92 Å². The summed E-state index contributed by atoms with van der Waals surface area (Å²) in [5.41, 5.74) is 2.36. The van der Waals surface area contributed by atoms with Crippen molar-refractivity contribution in [2.45, 2.75) is 44.9 Å². The highest BCUT2D eigenvalue weighted by Gasteiger charge is 2.19. The fourth-order valence-corrected chi connectivity index (χ4v) is 2.77. The second kappa shape index (κ2) is 3.97. The second-order valence-corrected chi connectivity index (χ2v) is 5.02. The van der Waals surface area contributed by atoms with Crippen molar-refractivity contribution in [3.05, 3.63) is 35.6 Å². The van der Waals surface area contributed by atoms with E-state index in [-0.39, 0.29) is 0 Å². The maximum absolute atomic E-state index is 5.96. The van der Waals surface area contributed by atoms with Crippen LogP contribution in [0.4, 0.5) is 0 Å². The number of hydrogen-bond donors (Lipinski definition) is 0. The van der Waals surface area contributed by atoms with Crippen LogP contribution in [-0.2, 0) is 0 Å². The van der Waals surface area contributed by atoms with Crippen LogP contribution in [0.1, 0.15) is 49.3 Å². The molecule has 0 radical (unpaired) electrons. The first-order chi connectivity index (χ1) is 7.83. The Balaban J connectivity index is 1.97. The molecule has 0 spiro atoms. The molecular formula is C15H18O. The summed E-state index contributed by atoms with van der Waals surface area (Å²) >= 11 is 0. The Labute approximate surface area is 96.5 Å². The molecule has 1 nitrogen and oxygen atoms in total. The van der Waals surface area contributed by atoms with Gasteiger partial charge in [-0.05, 0) is 38.0 Å². The molecule has 0 unspecified atom stereocenters. The van der Waals surface area contributed by atoms with Gasteiger partial charge in [-0.3, -0.25) is 0 Å². The molecular weight excluding hydrogens is 196 g/mol. The molecule has 0 N–H and O–H groups in total. The van der Waals surface area contributed by atoms with Crippen LogP contribution in [0, 0.1) is 6.92 Å². The molecule has 0 atom stereocenters. The average Bonchev–Trinajstić information content (AvgIpc) is 2.73. The average molecular weight is 214 g/mol. The Bertz CT molecular complexity index is 489. The van der Waals surface area contributed by atoms with Gasteiger partial charge in [0.05, 0.1) is 0 Å². The largest absolute Gasteiger partial charge is 0.461 e. The van der Waals surface area contributed by atoms with Crippen molar-refractivity contribution in [3.8, 4) is 0 Å². The van der Waals surface area contributed by atoms with Gasteiger partial charge in [-0.15, -0.1) is 0 Å². The fourth-order valence-electron chi connectivity index (χ4n) is 2.77. The number of benzene rings is 1. The van der Waals surface area contributed by atoms with Crippen LogP contribution >= 0.6 is 0 Å². The van der Waals surface area contributed by atoms with Gasteiger partial charge in [0.1, 0.15) is 11.3 Å². The summed E-state index contributed by atoms with van der Waals surface area (Å²) in [6.45, 7) is 2.13. The van der Waals surface area contributed by atoms with Crippen LogP contribution in [0.5, 0.6) is 0 Å². The number of hydrogen-bond acceptors (Lipinski definition) is 1. The van der Waals surface area contributed by atoms with Crippen LogP contribution in [-0.4, -0.2) is 0 Å². The van der Waals surface area contributed by atoms with Crippen molar-refractivity contribution in [2.75, 3.05) is 0 Å². The van der Waals surface area contributed by atoms with Gasteiger partial charge < -0.3 is 4.42 Å². The van der Waals surface area contributed by atoms with Crippen molar-refractivity contribution in [1.29, 1.82) is 0 Å². The van der Waals surface area contributed by atoms with E-state index in [2.05, 4.69) is 31.2 Å². The lowest BCUT2D eigenvalue weighted by Crippen LogP contribution is -2.02. The fraction of sp³-hybridized carbons (Fsp3) is 0.467. The van der Waals surface area contributed by atoms with E-state index in [1.54, 1.807) is 0 Å². The molecule has 1 aliphatic carbocycles. The van der Waals surface area contributed by atoms with Crippen molar-refractivity contribution < 1.29 is 4.42 Å². The topological polar surface area (TPSA) is 13.1 Å². The van der Waals surface area contributed by atoms with E-state index >= 15 is 0 Å². The number of fused-ring (bicyclic) bond motifs is 1. The van der Waals surface area contributed by atoms with Gasteiger partial charge in [0.15, 0.2) is 0 Å². The highest BCUT2D eigenvalue weighted by Crippen LogP contribution is 2.35. The summed E-state index contributed by atoms with van der Waals surface area (Å²) in [6, 6.07) is 8.68. The van der Waals surface area contributed by atoms with Crippen LogP contribution in [0.2, 0.25) is 0 Å². The predicted octanol–water partition coefficient (Wildman–Crippen LogP) is 4.79. The van der Waals surface area contributed by atoms with Crippen LogP contribution < -0.4 is 0 Å². The minimum absolute atomic E-state index is 0.668. The molecule has 1 saturated carbocycles. The van der Waals surface area contributed by atoms with Crippen molar-refractivity contribution in [1.82, 2.24) is 0 Å². The molecule has 2 aromatic rings. The van der Waals surface area contributed by atoms with E-state index < -0.39 is 0 Å². The summed E-state index contributed by atoms with van der Waals surface area (Å²) in [7, 11) is 0. The maximum Gasteiger partial charge on any atom is 0.134 e. The lowest BCUT2D eigenvalue weighted by molar-refractivity contribution is 0.385.